The van der Waals surface area contributed by atoms with Crippen molar-refractivity contribution in [3.05, 3.63) is 71.4 Å². The van der Waals surface area contributed by atoms with E-state index in [2.05, 4.69) is 10.2 Å². The fourth-order valence-corrected chi connectivity index (χ4v) is 4.68. The summed E-state index contributed by atoms with van der Waals surface area (Å²) in [5.74, 6) is 1.05. The number of carbonyl (C=O) groups is 1. The van der Waals surface area contributed by atoms with Crippen molar-refractivity contribution in [2.45, 2.75) is 63.4 Å². The van der Waals surface area contributed by atoms with Gasteiger partial charge in [-0.25, -0.2) is 4.39 Å². The van der Waals surface area contributed by atoms with E-state index < -0.39 is 0 Å². The van der Waals surface area contributed by atoms with Crippen molar-refractivity contribution in [3.8, 4) is 5.75 Å². The lowest BCUT2D eigenvalue weighted by atomic mass is 9.94. The van der Waals surface area contributed by atoms with Crippen molar-refractivity contribution in [1.29, 1.82) is 0 Å². The van der Waals surface area contributed by atoms with Crippen LogP contribution >= 0.6 is 11.8 Å². The molecule has 1 heterocycles. The first-order valence-corrected chi connectivity index (χ1v) is 12.2. The smallest absolute Gasteiger partial charge is 0.277 e. The number of aromatic nitrogens is 2. The molecule has 0 unspecified atom stereocenters. The van der Waals surface area contributed by atoms with E-state index in [-0.39, 0.29) is 30.1 Å². The van der Waals surface area contributed by atoms with Crippen LogP contribution in [0.1, 0.15) is 49.1 Å². The van der Waals surface area contributed by atoms with Crippen LogP contribution in [0.3, 0.4) is 0 Å². The Morgan fingerprint density at radius 2 is 1.94 bits per heavy atom. The molecule has 1 saturated carbocycles. The summed E-state index contributed by atoms with van der Waals surface area (Å²) in [6, 6.07) is 14.3. The quantitative estimate of drug-likeness (QED) is 0.383. The zero-order valence-electron chi connectivity index (χ0n) is 18.7. The molecule has 0 atom stereocenters. The minimum absolute atomic E-state index is 0.0204. The maximum Gasteiger partial charge on any atom is 0.277 e. The van der Waals surface area contributed by atoms with E-state index in [9.17, 15) is 9.18 Å². The number of amides is 1. The summed E-state index contributed by atoms with van der Waals surface area (Å²) in [5, 5.41) is 8.40. The second-order valence-electron chi connectivity index (χ2n) is 8.30. The van der Waals surface area contributed by atoms with Gasteiger partial charge in [-0.2, -0.15) is 0 Å². The van der Waals surface area contributed by atoms with Gasteiger partial charge in [0.25, 0.3) is 11.1 Å². The molecular weight excluding hydrogens is 441 g/mol. The number of nitrogens with zero attached hydrogens (tertiary/aromatic N) is 3. The van der Waals surface area contributed by atoms with Gasteiger partial charge in [0.15, 0.2) is 6.61 Å². The van der Waals surface area contributed by atoms with Crippen LogP contribution in [-0.2, 0) is 17.9 Å². The standard InChI is InChI=1S/C25H28FN3O3S/c1-18-6-5-9-22(14-18)31-16-23-27-28-25(32-23)33-17-24(30)29(21-7-3-2-4-8-21)15-19-10-12-20(26)13-11-19/h5-6,9-14,21H,2-4,7-8,15-17H2,1H3. The Morgan fingerprint density at radius 1 is 1.15 bits per heavy atom. The topological polar surface area (TPSA) is 68.5 Å². The zero-order valence-corrected chi connectivity index (χ0v) is 19.5. The average Bonchev–Trinajstić information content (AvgIpc) is 3.29. The number of ether oxygens (including phenoxy) is 1. The molecule has 2 aromatic carbocycles. The van der Waals surface area contributed by atoms with Gasteiger partial charge in [0.05, 0.1) is 5.75 Å². The van der Waals surface area contributed by atoms with E-state index in [4.69, 9.17) is 9.15 Å². The van der Waals surface area contributed by atoms with Crippen LogP contribution in [0.15, 0.2) is 58.2 Å². The summed E-state index contributed by atoms with van der Waals surface area (Å²) >= 11 is 1.23. The third kappa shape index (κ3) is 6.81. The van der Waals surface area contributed by atoms with Gasteiger partial charge in [0.1, 0.15) is 11.6 Å². The molecule has 1 amide bonds. The lowest BCUT2D eigenvalue weighted by Gasteiger charge is -2.34. The highest BCUT2D eigenvalue weighted by Gasteiger charge is 2.26. The Balaban J connectivity index is 1.34. The Kier molecular flexibility index (Phi) is 7.99. The fraction of sp³-hybridized carbons (Fsp3) is 0.400. The van der Waals surface area contributed by atoms with E-state index in [1.807, 2.05) is 36.1 Å². The molecule has 1 aliphatic carbocycles. The minimum atomic E-state index is -0.275. The van der Waals surface area contributed by atoms with Crippen LogP contribution in [0.2, 0.25) is 0 Å². The van der Waals surface area contributed by atoms with Crippen LogP contribution in [0.5, 0.6) is 5.75 Å². The molecule has 33 heavy (non-hydrogen) atoms. The molecule has 8 heteroatoms. The first-order chi connectivity index (χ1) is 16.1. The number of carbonyl (C=O) groups excluding carboxylic acids is 1. The lowest BCUT2D eigenvalue weighted by Crippen LogP contribution is -2.41. The molecule has 0 radical (unpaired) electrons. The molecule has 0 spiro atoms. The van der Waals surface area contributed by atoms with Crippen LogP contribution in [0, 0.1) is 12.7 Å². The normalized spacial score (nSPS) is 14.2. The van der Waals surface area contributed by atoms with Crippen molar-refractivity contribution < 1.29 is 18.3 Å². The molecule has 174 valence electrons. The maximum atomic E-state index is 13.3. The molecular formula is C25H28FN3O3S. The molecule has 1 fully saturated rings. The molecule has 6 nitrogen and oxygen atoms in total. The van der Waals surface area contributed by atoms with Crippen molar-refractivity contribution in [3.63, 3.8) is 0 Å². The van der Waals surface area contributed by atoms with Gasteiger partial charge in [-0.3, -0.25) is 4.79 Å². The van der Waals surface area contributed by atoms with Gasteiger partial charge < -0.3 is 14.1 Å². The Bertz CT molecular complexity index is 1050. The van der Waals surface area contributed by atoms with Crippen molar-refractivity contribution in [2.24, 2.45) is 0 Å². The van der Waals surface area contributed by atoms with Crippen molar-refractivity contribution >= 4 is 17.7 Å². The number of aryl methyl sites for hydroxylation is 1. The molecule has 0 aliphatic heterocycles. The monoisotopic (exact) mass is 469 g/mol. The first kappa shape index (κ1) is 23.3. The van der Waals surface area contributed by atoms with Crippen LogP contribution < -0.4 is 4.74 Å². The van der Waals surface area contributed by atoms with E-state index in [0.29, 0.717) is 17.7 Å². The van der Waals surface area contributed by atoms with Crippen LogP contribution in [0.4, 0.5) is 4.39 Å². The highest BCUT2D eigenvalue weighted by molar-refractivity contribution is 7.99. The van der Waals surface area contributed by atoms with E-state index in [1.165, 1.54) is 30.3 Å². The SMILES string of the molecule is Cc1cccc(OCc2nnc(SCC(=O)N(Cc3ccc(F)cc3)C3CCCCC3)o2)c1. The van der Waals surface area contributed by atoms with Gasteiger partial charge >= 0.3 is 0 Å². The van der Waals surface area contributed by atoms with E-state index >= 15 is 0 Å². The fourth-order valence-electron chi connectivity index (χ4n) is 4.01. The Labute approximate surface area is 197 Å². The van der Waals surface area contributed by atoms with Gasteiger partial charge in [0, 0.05) is 12.6 Å². The molecule has 1 aliphatic rings. The second-order valence-corrected chi connectivity index (χ2v) is 9.22. The third-order valence-electron chi connectivity index (χ3n) is 5.72. The largest absolute Gasteiger partial charge is 0.484 e. The Hall–Kier alpha value is -2.87. The predicted molar refractivity (Wildman–Crippen MR) is 124 cm³/mol. The van der Waals surface area contributed by atoms with Gasteiger partial charge in [-0.1, -0.05) is 55.3 Å². The van der Waals surface area contributed by atoms with Crippen LogP contribution in [0.25, 0.3) is 0 Å². The predicted octanol–water partition coefficient (Wildman–Crippen LogP) is 5.55. The number of thioether (sulfide) groups is 1. The van der Waals surface area contributed by atoms with E-state index in [0.717, 1.165) is 42.6 Å². The second kappa shape index (κ2) is 11.3. The highest BCUT2D eigenvalue weighted by Crippen LogP contribution is 2.26. The Morgan fingerprint density at radius 3 is 2.70 bits per heavy atom. The van der Waals surface area contributed by atoms with Crippen molar-refractivity contribution in [2.75, 3.05) is 5.75 Å². The van der Waals surface area contributed by atoms with Gasteiger partial charge in [-0.15, -0.1) is 10.2 Å². The summed E-state index contributed by atoms with van der Waals surface area (Å²) in [4.78, 5) is 15.1. The molecule has 1 aromatic heterocycles. The lowest BCUT2D eigenvalue weighted by molar-refractivity contribution is -0.132. The molecule has 3 aromatic rings. The number of halogens is 1. The summed E-state index contributed by atoms with van der Waals surface area (Å²) in [7, 11) is 0. The number of benzene rings is 2. The number of hydrogen-bond donors (Lipinski definition) is 0. The molecule has 0 N–H and O–H groups in total. The summed E-state index contributed by atoms with van der Waals surface area (Å²) in [5.41, 5.74) is 2.03. The van der Waals surface area contributed by atoms with E-state index in [1.54, 1.807) is 12.1 Å². The summed E-state index contributed by atoms with van der Waals surface area (Å²) in [6.45, 7) is 2.64. The van der Waals surface area contributed by atoms with Crippen LogP contribution in [-0.4, -0.2) is 32.8 Å². The van der Waals surface area contributed by atoms with Crippen molar-refractivity contribution in [1.82, 2.24) is 15.1 Å². The number of hydrogen-bond acceptors (Lipinski definition) is 6. The number of rotatable bonds is 9. The minimum Gasteiger partial charge on any atom is -0.484 e. The summed E-state index contributed by atoms with van der Waals surface area (Å²) in [6.07, 6.45) is 5.45. The maximum absolute atomic E-state index is 13.3. The summed E-state index contributed by atoms with van der Waals surface area (Å²) < 4.78 is 24.6. The third-order valence-corrected chi connectivity index (χ3v) is 6.52. The van der Waals surface area contributed by atoms with Gasteiger partial charge in [-0.05, 0) is 55.2 Å². The molecule has 0 bridgehead atoms. The average molecular weight is 470 g/mol. The molecule has 4 rings (SSSR count). The molecule has 0 saturated heterocycles. The van der Waals surface area contributed by atoms with Gasteiger partial charge in [0.2, 0.25) is 5.91 Å². The first-order valence-electron chi connectivity index (χ1n) is 11.3. The zero-order chi connectivity index (χ0) is 23.0. The highest BCUT2D eigenvalue weighted by atomic mass is 32.2.